The Morgan fingerprint density at radius 3 is 1.80 bits per heavy atom. The van der Waals surface area contributed by atoms with Gasteiger partial charge >= 0.3 is 19.8 Å². The zero-order chi connectivity index (χ0) is 40.7. The van der Waals surface area contributed by atoms with E-state index in [1.807, 2.05) is 6.08 Å². The molecule has 11 nitrogen and oxygen atoms in total. The minimum Gasteiger partial charge on any atom is -0.462 e. The van der Waals surface area contributed by atoms with Crippen molar-refractivity contribution >= 4 is 19.8 Å². The third-order valence-electron chi connectivity index (χ3n) is 8.57. The third-order valence-corrected chi connectivity index (χ3v) is 9.55. The summed E-state index contributed by atoms with van der Waals surface area (Å²) in [4.78, 5) is 34.8. The number of phosphoric acid groups is 1. The molecule has 0 rings (SSSR count). The van der Waals surface area contributed by atoms with Gasteiger partial charge in [0, 0.05) is 19.4 Å². The Hall–Kier alpha value is -2.37. The molecule has 12 heteroatoms. The molecular formula is C43H76NO10P. The Labute approximate surface area is 333 Å². The van der Waals surface area contributed by atoms with E-state index in [9.17, 15) is 29.3 Å². The number of nitrogens with two attached hydrogens (primary N) is 1. The summed E-state index contributed by atoms with van der Waals surface area (Å²) in [5, 5.41) is 20.3. The molecule has 318 valence electrons. The molecule has 0 aliphatic rings. The highest BCUT2D eigenvalue weighted by atomic mass is 31.2. The lowest BCUT2D eigenvalue weighted by Gasteiger charge is -2.20. The molecule has 5 N–H and O–H groups in total. The molecule has 55 heavy (non-hydrogen) atoms. The number of aliphatic hydroxyl groups excluding tert-OH is 2. The molecule has 0 bridgehead atoms. The summed E-state index contributed by atoms with van der Waals surface area (Å²) in [5.41, 5.74) is 5.32. The summed E-state index contributed by atoms with van der Waals surface area (Å²) in [6.07, 6.45) is 37.4. The molecular weight excluding hydrogens is 721 g/mol. The smallest absolute Gasteiger partial charge is 0.462 e. The molecule has 0 spiro atoms. The van der Waals surface area contributed by atoms with Crippen molar-refractivity contribution in [3.05, 3.63) is 60.8 Å². The molecule has 4 unspecified atom stereocenters. The van der Waals surface area contributed by atoms with E-state index in [1.54, 1.807) is 36.5 Å². The predicted molar refractivity (Wildman–Crippen MR) is 222 cm³/mol. The van der Waals surface area contributed by atoms with Crippen LogP contribution in [0.25, 0.3) is 0 Å². The lowest BCUT2D eigenvalue weighted by molar-refractivity contribution is -0.161. The van der Waals surface area contributed by atoms with Gasteiger partial charge in [0.1, 0.15) is 6.61 Å². The van der Waals surface area contributed by atoms with Crippen molar-refractivity contribution in [1.29, 1.82) is 0 Å². The number of aliphatic hydroxyl groups is 2. The molecule has 0 aliphatic carbocycles. The van der Waals surface area contributed by atoms with Crippen LogP contribution >= 0.6 is 7.82 Å². The second-order valence-corrected chi connectivity index (χ2v) is 15.4. The molecule has 0 aromatic rings. The Kier molecular flexibility index (Phi) is 36.8. The van der Waals surface area contributed by atoms with Gasteiger partial charge in [-0.05, 0) is 64.2 Å². The van der Waals surface area contributed by atoms with Gasteiger partial charge in [0.05, 0.1) is 25.4 Å². The summed E-state index contributed by atoms with van der Waals surface area (Å²) >= 11 is 0. The predicted octanol–water partition coefficient (Wildman–Crippen LogP) is 9.66. The number of hydrogen-bond acceptors (Lipinski definition) is 10. The maximum absolute atomic E-state index is 12.6. The highest BCUT2D eigenvalue weighted by Gasteiger charge is 2.26. The van der Waals surface area contributed by atoms with Gasteiger partial charge in [0.15, 0.2) is 6.10 Å². The first kappa shape index (κ1) is 52.6. The van der Waals surface area contributed by atoms with Crippen LogP contribution in [0.15, 0.2) is 60.8 Å². The van der Waals surface area contributed by atoms with Crippen LogP contribution in [0.5, 0.6) is 0 Å². The van der Waals surface area contributed by atoms with Crippen molar-refractivity contribution in [3.8, 4) is 0 Å². The van der Waals surface area contributed by atoms with Crippen LogP contribution in [0, 0.1) is 0 Å². The largest absolute Gasteiger partial charge is 0.472 e. The fourth-order valence-electron chi connectivity index (χ4n) is 5.35. The van der Waals surface area contributed by atoms with Crippen molar-refractivity contribution in [2.45, 2.75) is 173 Å². The van der Waals surface area contributed by atoms with Crippen LogP contribution in [0.4, 0.5) is 0 Å². The molecule has 0 saturated heterocycles. The average molecular weight is 798 g/mol. The molecule has 0 heterocycles. The lowest BCUT2D eigenvalue weighted by atomic mass is 10.1. The van der Waals surface area contributed by atoms with E-state index in [-0.39, 0.29) is 32.6 Å². The van der Waals surface area contributed by atoms with E-state index in [2.05, 4.69) is 32.1 Å². The van der Waals surface area contributed by atoms with Crippen LogP contribution < -0.4 is 5.73 Å². The van der Waals surface area contributed by atoms with Crippen LogP contribution in [-0.4, -0.2) is 71.7 Å². The number of ether oxygens (including phenoxy) is 2. The highest BCUT2D eigenvalue weighted by Crippen LogP contribution is 2.43. The number of carbonyl (C=O) groups is 2. The van der Waals surface area contributed by atoms with Gasteiger partial charge in [-0.3, -0.25) is 18.6 Å². The average Bonchev–Trinajstić information content (AvgIpc) is 3.16. The Morgan fingerprint density at radius 2 is 1.16 bits per heavy atom. The fourth-order valence-corrected chi connectivity index (χ4v) is 6.12. The number of rotatable bonds is 38. The van der Waals surface area contributed by atoms with Crippen molar-refractivity contribution in [3.63, 3.8) is 0 Å². The van der Waals surface area contributed by atoms with Crippen LogP contribution in [0.1, 0.15) is 155 Å². The van der Waals surface area contributed by atoms with Gasteiger partial charge < -0.3 is 30.3 Å². The quantitative estimate of drug-likeness (QED) is 0.0154. The normalized spacial score (nSPS) is 15.1. The molecule has 0 aromatic carbocycles. The van der Waals surface area contributed by atoms with Crippen molar-refractivity contribution < 1.29 is 47.8 Å². The number of allylic oxidation sites excluding steroid dienone is 7. The van der Waals surface area contributed by atoms with Gasteiger partial charge in [0.25, 0.3) is 0 Å². The minimum atomic E-state index is -4.45. The third kappa shape index (κ3) is 38.3. The van der Waals surface area contributed by atoms with Gasteiger partial charge in [0.2, 0.25) is 0 Å². The maximum Gasteiger partial charge on any atom is 0.472 e. The summed E-state index contributed by atoms with van der Waals surface area (Å²) in [6.45, 7) is 3.35. The SMILES string of the molecule is CCCCC/C=C/CC(O)/C=C/C=C/C=C/C(O)CCCC(=O)OC(COC(=O)CCCCCCC/C=C\CCCCCCCC)COP(=O)(O)OCCN. The first-order valence-electron chi connectivity index (χ1n) is 21.0. The first-order valence-corrected chi connectivity index (χ1v) is 22.5. The van der Waals surface area contributed by atoms with Gasteiger partial charge in [-0.1, -0.05) is 139 Å². The van der Waals surface area contributed by atoms with E-state index in [0.717, 1.165) is 44.9 Å². The molecule has 0 radical (unpaired) electrons. The van der Waals surface area contributed by atoms with Crippen molar-refractivity contribution in [2.24, 2.45) is 5.73 Å². The number of esters is 2. The first-order chi connectivity index (χ1) is 26.6. The standard InChI is InChI=1S/C43H76NO10P/c1-3-5-7-9-11-12-13-14-15-16-17-18-19-21-27-33-42(47)51-37-41(38-53-55(49,50)52-36-35-44)54-43(48)34-28-32-40(46)31-26-23-22-25-30-39(45)29-24-20-10-8-6-4-2/h14-15,20,22-26,30-31,39-41,45-46H,3-13,16-19,21,27-29,32-38,44H2,1-2H3,(H,49,50)/b15-14-,23-22+,24-20+,30-25+,31-26+. The minimum absolute atomic E-state index is 0.0101. The van der Waals surface area contributed by atoms with Gasteiger partial charge in [-0.15, -0.1) is 0 Å². The zero-order valence-corrected chi connectivity index (χ0v) is 35.0. The maximum atomic E-state index is 12.6. The Morgan fingerprint density at radius 1 is 0.636 bits per heavy atom. The summed E-state index contributed by atoms with van der Waals surface area (Å²) < 4.78 is 32.5. The molecule has 0 fully saturated rings. The molecule has 0 amide bonds. The number of phosphoric ester groups is 1. The molecule has 0 saturated carbocycles. The molecule has 0 aliphatic heterocycles. The summed E-state index contributed by atoms with van der Waals surface area (Å²) in [5.74, 6) is -1.08. The van der Waals surface area contributed by atoms with E-state index >= 15 is 0 Å². The second-order valence-electron chi connectivity index (χ2n) is 13.9. The summed E-state index contributed by atoms with van der Waals surface area (Å²) in [7, 11) is -4.45. The van der Waals surface area contributed by atoms with E-state index in [4.69, 9.17) is 24.3 Å². The van der Waals surface area contributed by atoms with Gasteiger partial charge in [-0.2, -0.15) is 0 Å². The van der Waals surface area contributed by atoms with Crippen molar-refractivity contribution in [2.75, 3.05) is 26.4 Å². The number of hydrogen-bond donors (Lipinski definition) is 4. The number of carbonyl (C=O) groups excluding carboxylic acids is 2. The van der Waals surface area contributed by atoms with Crippen molar-refractivity contribution in [1.82, 2.24) is 0 Å². The van der Waals surface area contributed by atoms with E-state index in [0.29, 0.717) is 25.7 Å². The van der Waals surface area contributed by atoms with E-state index < -0.39 is 44.7 Å². The fraction of sp³-hybridized carbons (Fsp3) is 0.721. The topological polar surface area (TPSA) is 175 Å². The van der Waals surface area contributed by atoms with Crippen LogP contribution in [0.3, 0.4) is 0 Å². The highest BCUT2D eigenvalue weighted by molar-refractivity contribution is 7.47. The van der Waals surface area contributed by atoms with Crippen LogP contribution in [-0.2, 0) is 32.7 Å². The van der Waals surface area contributed by atoms with E-state index in [1.165, 1.54) is 57.8 Å². The van der Waals surface area contributed by atoms with Crippen LogP contribution in [0.2, 0.25) is 0 Å². The molecule has 4 atom stereocenters. The Bertz CT molecular complexity index is 1120. The zero-order valence-electron chi connectivity index (χ0n) is 34.1. The summed E-state index contributed by atoms with van der Waals surface area (Å²) in [6, 6.07) is 0. The lowest BCUT2D eigenvalue weighted by Crippen LogP contribution is -2.29. The Balaban J connectivity index is 4.48. The van der Waals surface area contributed by atoms with Gasteiger partial charge in [-0.25, -0.2) is 4.57 Å². The monoisotopic (exact) mass is 798 g/mol. The second kappa shape index (κ2) is 38.5. The number of unbranched alkanes of at least 4 members (excludes halogenated alkanes) is 14. The molecule has 0 aromatic heterocycles.